The van der Waals surface area contributed by atoms with Crippen molar-refractivity contribution in [3.63, 3.8) is 0 Å². The maximum absolute atomic E-state index is 13.0. The van der Waals surface area contributed by atoms with Gasteiger partial charge in [-0.15, -0.1) is 0 Å². The number of alkyl halides is 1. The first-order valence-electron chi connectivity index (χ1n) is 7.37. The third kappa shape index (κ3) is 1.83. The van der Waals surface area contributed by atoms with E-state index in [1.165, 1.54) is 19.3 Å². The average Bonchev–Trinajstić information content (AvgIpc) is 2.36. The van der Waals surface area contributed by atoms with Gasteiger partial charge >= 0.3 is 0 Å². The van der Waals surface area contributed by atoms with E-state index in [4.69, 9.17) is 0 Å². The maximum atomic E-state index is 13.0. The second-order valence-corrected chi connectivity index (χ2v) is 8.77. The lowest BCUT2D eigenvalue weighted by Crippen LogP contribution is -2.55. The molecule has 1 nitrogen and oxygen atoms in total. The van der Waals surface area contributed by atoms with E-state index in [0.29, 0.717) is 5.78 Å². The number of Topliss-reactive ketones (excluding diaryl/α,β-unsaturated/α-hetero) is 1. The maximum Gasteiger partial charge on any atom is 0.169 e. The first kappa shape index (κ1) is 12.1. The Morgan fingerprint density at radius 2 is 1.68 bits per heavy atom. The lowest BCUT2D eigenvalue weighted by atomic mass is 9.48. The highest BCUT2D eigenvalue weighted by Crippen LogP contribution is 2.65. The molecule has 0 N–H and O–H groups in total. The van der Waals surface area contributed by atoms with E-state index in [-0.39, 0.29) is 9.74 Å². The Balaban J connectivity index is 1.72. The second-order valence-electron chi connectivity index (χ2n) is 7.09. The van der Waals surface area contributed by atoms with Crippen LogP contribution in [0.1, 0.15) is 48.9 Å². The zero-order chi connectivity index (χ0) is 13.1. The molecule has 19 heavy (non-hydrogen) atoms. The molecule has 0 heterocycles. The van der Waals surface area contributed by atoms with E-state index in [1.807, 2.05) is 30.3 Å². The highest BCUT2D eigenvalue weighted by Gasteiger charge is 2.59. The van der Waals surface area contributed by atoms with Crippen LogP contribution in [-0.4, -0.2) is 10.1 Å². The molecule has 100 valence electrons. The Hall–Kier alpha value is -0.630. The standard InChI is InChI=1S/C17H19BrO/c18-17-9-12-6-13(10-17)8-16(7-12,11-17)15(19)14-4-2-1-3-5-14/h1-5,12-13H,6-11H2/t12-,13?,16?,17?/m1/s1. The summed E-state index contributed by atoms with van der Waals surface area (Å²) in [5, 5.41) is 0. The lowest BCUT2D eigenvalue weighted by Gasteiger charge is -2.59. The molecular weight excluding hydrogens is 300 g/mol. The molecule has 4 fully saturated rings. The quantitative estimate of drug-likeness (QED) is 0.575. The zero-order valence-electron chi connectivity index (χ0n) is 11.1. The molecule has 2 heteroatoms. The number of hydrogen-bond donors (Lipinski definition) is 0. The minimum atomic E-state index is -0.0606. The van der Waals surface area contributed by atoms with E-state index >= 15 is 0 Å². The molecule has 1 aromatic carbocycles. The fourth-order valence-electron chi connectivity index (χ4n) is 5.31. The second kappa shape index (κ2) is 3.94. The van der Waals surface area contributed by atoms with Gasteiger partial charge < -0.3 is 0 Å². The number of hydrogen-bond acceptors (Lipinski definition) is 1. The van der Waals surface area contributed by atoms with Crippen LogP contribution in [0.25, 0.3) is 0 Å². The third-order valence-corrected chi connectivity index (χ3v) is 6.44. The normalized spacial score (nSPS) is 43.4. The third-order valence-electron chi connectivity index (χ3n) is 5.51. The fourth-order valence-corrected chi connectivity index (χ4v) is 6.76. The summed E-state index contributed by atoms with van der Waals surface area (Å²) in [6.45, 7) is 0. The monoisotopic (exact) mass is 318 g/mol. The van der Waals surface area contributed by atoms with Crippen LogP contribution in [0, 0.1) is 17.3 Å². The summed E-state index contributed by atoms with van der Waals surface area (Å²) < 4.78 is 0.265. The Morgan fingerprint density at radius 1 is 1.05 bits per heavy atom. The van der Waals surface area contributed by atoms with Gasteiger partial charge in [-0.2, -0.15) is 0 Å². The summed E-state index contributed by atoms with van der Waals surface area (Å²) in [6, 6.07) is 9.93. The molecule has 1 aromatic rings. The molecule has 4 saturated carbocycles. The molecule has 0 aliphatic heterocycles. The molecule has 0 amide bonds. The van der Waals surface area contributed by atoms with E-state index in [2.05, 4.69) is 15.9 Å². The smallest absolute Gasteiger partial charge is 0.169 e. The average molecular weight is 319 g/mol. The van der Waals surface area contributed by atoms with Crippen molar-refractivity contribution >= 4 is 21.7 Å². The Bertz CT molecular complexity index is 507. The predicted molar refractivity (Wildman–Crippen MR) is 79.5 cm³/mol. The molecule has 4 bridgehead atoms. The number of rotatable bonds is 2. The van der Waals surface area contributed by atoms with Gasteiger partial charge in [-0.3, -0.25) is 4.79 Å². The SMILES string of the molecule is O=C(c1ccccc1)C12CC3C[C@@H](CC(Br)(C3)C1)C2. The topological polar surface area (TPSA) is 17.1 Å². The predicted octanol–water partition coefficient (Wildman–Crippen LogP) is 4.60. The van der Waals surface area contributed by atoms with Crippen molar-refractivity contribution in [3.05, 3.63) is 35.9 Å². The van der Waals surface area contributed by atoms with Crippen molar-refractivity contribution in [2.24, 2.45) is 17.3 Å². The molecule has 4 aliphatic carbocycles. The number of ketones is 1. The van der Waals surface area contributed by atoms with Crippen LogP contribution < -0.4 is 0 Å². The molecule has 0 aromatic heterocycles. The Kier molecular flexibility index (Phi) is 2.52. The minimum absolute atomic E-state index is 0.0606. The van der Waals surface area contributed by atoms with Crippen LogP contribution in [0.2, 0.25) is 0 Å². The van der Waals surface area contributed by atoms with Gasteiger partial charge in [-0.25, -0.2) is 0 Å². The van der Waals surface area contributed by atoms with Crippen molar-refractivity contribution in [2.45, 2.75) is 42.8 Å². The van der Waals surface area contributed by atoms with Crippen LogP contribution in [0.5, 0.6) is 0 Å². The summed E-state index contributed by atoms with van der Waals surface area (Å²) in [4.78, 5) is 13.0. The Morgan fingerprint density at radius 3 is 2.26 bits per heavy atom. The summed E-state index contributed by atoms with van der Waals surface area (Å²) in [6.07, 6.45) is 7.24. The highest BCUT2D eigenvalue weighted by atomic mass is 79.9. The molecular formula is C17H19BrO. The number of carbonyl (C=O) groups excluding carboxylic acids is 1. The van der Waals surface area contributed by atoms with E-state index < -0.39 is 0 Å². The van der Waals surface area contributed by atoms with Crippen LogP contribution in [-0.2, 0) is 0 Å². The van der Waals surface area contributed by atoms with Crippen molar-refractivity contribution < 1.29 is 4.79 Å². The fraction of sp³-hybridized carbons (Fsp3) is 0.588. The van der Waals surface area contributed by atoms with Gasteiger partial charge in [-0.1, -0.05) is 46.3 Å². The van der Waals surface area contributed by atoms with Gasteiger partial charge in [-0.05, 0) is 50.4 Å². The number of halogens is 1. The molecule has 0 spiro atoms. The first-order valence-corrected chi connectivity index (χ1v) is 8.17. The number of benzene rings is 1. The van der Waals surface area contributed by atoms with E-state index in [9.17, 15) is 4.79 Å². The summed E-state index contributed by atoms with van der Waals surface area (Å²) >= 11 is 3.98. The van der Waals surface area contributed by atoms with E-state index in [0.717, 1.165) is 36.7 Å². The molecule has 3 unspecified atom stereocenters. The van der Waals surface area contributed by atoms with E-state index in [1.54, 1.807) is 0 Å². The summed E-state index contributed by atoms with van der Waals surface area (Å²) in [5.74, 6) is 1.95. The van der Waals surface area contributed by atoms with Crippen molar-refractivity contribution in [2.75, 3.05) is 0 Å². The van der Waals surface area contributed by atoms with Crippen molar-refractivity contribution in [3.8, 4) is 0 Å². The molecule has 0 saturated heterocycles. The van der Waals surface area contributed by atoms with Gasteiger partial charge in [0.15, 0.2) is 5.78 Å². The molecule has 4 aliphatic rings. The van der Waals surface area contributed by atoms with Crippen molar-refractivity contribution in [1.29, 1.82) is 0 Å². The minimum Gasteiger partial charge on any atom is -0.294 e. The van der Waals surface area contributed by atoms with Crippen LogP contribution in [0.4, 0.5) is 0 Å². The zero-order valence-corrected chi connectivity index (χ0v) is 12.7. The Labute approximate surface area is 122 Å². The van der Waals surface area contributed by atoms with Crippen molar-refractivity contribution in [1.82, 2.24) is 0 Å². The van der Waals surface area contributed by atoms with Gasteiger partial charge in [0, 0.05) is 15.3 Å². The first-order chi connectivity index (χ1) is 9.09. The summed E-state index contributed by atoms with van der Waals surface area (Å²) in [7, 11) is 0. The largest absolute Gasteiger partial charge is 0.294 e. The molecule has 4 atom stereocenters. The van der Waals surface area contributed by atoms with Gasteiger partial charge in [0.2, 0.25) is 0 Å². The number of carbonyl (C=O) groups is 1. The highest BCUT2D eigenvalue weighted by molar-refractivity contribution is 9.10. The van der Waals surface area contributed by atoms with Gasteiger partial charge in [0.25, 0.3) is 0 Å². The van der Waals surface area contributed by atoms with Crippen LogP contribution in [0.3, 0.4) is 0 Å². The van der Waals surface area contributed by atoms with Gasteiger partial charge in [0.1, 0.15) is 0 Å². The lowest BCUT2D eigenvalue weighted by molar-refractivity contribution is -0.0198. The van der Waals surface area contributed by atoms with Crippen LogP contribution in [0.15, 0.2) is 30.3 Å². The van der Waals surface area contributed by atoms with Crippen LogP contribution >= 0.6 is 15.9 Å². The van der Waals surface area contributed by atoms with Gasteiger partial charge in [0.05, 0.1) is 0 Å². The molecule has 0 radical (unpaired) electrons. The summed E-state index contributed by atoms with van der Waals surface area (Å²) in [5.41, 5.74) is 0.857. The molecule has 5 rings (SSSR count).